The summed E-state index contributed by atoms with van der Waals surface area (Å²) in [5.74, 6) is -0.434. The van der Waals surface area contributed by atoms with E-state index in [9.17, 15) is 12.8 Å². The van der Waals surface area contributed by atoms with E-state index >= 15 is 0 Å². The Morgan fingerprint density at radius 3 is 2.48 bits per heavy atom. The summed E-state index contributed by atoms with van der Waals surface area (Å²) in [6, 6.07) is 8.28. The highest BCUT2D eigenvalue weighted by molar-refractivity contribution is 7.89. The highest BCUT2D eigenvalue weighted by atomic mass is 32.2. The molecule has 0 heterocycles. The van der Waals surface area contributed by atoms with Crippen molar-refractivity contribution in [2.75, 3.05) is 18.2 Å². The van der Waals surface area contributed by atoms with Gasteiger partial charge in [0.05, 0.1) is 12.0 Å². The Hall–Kier alpha value is -2.32. The maximum atomic E-state index is 13.3. The number of ether oxygens (including phenoxy) is 1. The van der Waals surface area contributed by atoms with Gasteiger partial charge in [-0.25, -0.2) is 17.9 Å². The zero-order chi connectivity index (χ0) is 15.6. The molecule has 0 atom stereocenters. The number of nitrogens with two attached hydrogens (primary N) is 2. The van der Waals surface area contributed by atoms with Crippen LogP contribution in [0.4, 0.5) is 21.5 Å². The summed E-state index contributed by atoms with van der Waals surface area (Å²) in [7, 11) is -2.52. The molecule has 0 aromatic heterocycles. The lowest BCUT2D eigenvalue weighted by atomic mass is 10.2. The van der Waals surface area contributed by atoms with Gasteiger partial charge in [-0.3, -0.25) is 0 Å². The fourth-order valence-electron chi connectivity index (χ4n) is 1.76. The molecule has 21 heavy (non-hydrogen) atoms. The van der Waals surface area contributed by atoms with Gasteiger partial charge in [0, 0.05) is 23.1 Å². The van der Waals surface area contributed by atoms with E-state index in [0.29, 0.717) is 11.4 Å². The molecular formula is C13H14FN3O3S. The zero-order valence-corrected chi connectivity index (χ0v) is 11.9. The number of halogens is 1. The minimum absolute atomic E-state index is 0.0653. The smallest absolute Gasteiger partial charge is 0.238 e. The minimum Gasteiger partial charge on any atom is -0.494 e. The largest absolute Gasteiger partial charge is 0.494 e. The number of hydrogen-bond acceptors (Lipinski definition) is 5. The molecule has 112 valence electrons. The van der Waals surface area contributed by atoms with Crippen molar-refractivity contribution in [1.29, 1.82) is 0 Å². The van der Waals surface area contributed by atoms with Gasteiger partial charge in [-0.05, 0) is 30.3 Å². The van der Waals surface area contributed by atoms with Crippen LogP contribution in [0.15, 0.2) is 41.3 Å². The lowest BCUT2D eigenvalue weighted by molar-refractivity contribution is 0.387. The molecule has 8 heteroatoms. The van der Waals surface area contributed by atoms with Gasteiger partial charge in [0.1, 0.15) is 0 Å². The Morgan fingerprint density at radius 1 is 1.14 bits per heavy atom. The molecule has 0 saturated heterocycles. The number of primary sulfonamides is 1. The third-order valence-electron chi connectivity index (χ3n) is 2.70. The highest BCUT2D eigenvalue weighted by Crippen LogP contribution is 2.26. The summed E-state index contributed by atoms with van der Waals surface area (Å²) in [6.45, 7) is 0. The number of nitrogens with one attached hydrogen (secondary N) is 1. The second-order valence-electron chi connectivity index (χ2n) is 4.31. The highest BCUT2D eigenvalue weighted by Gasteiger charge is 2.11. The van der Waals surface area contributed by atoms with Gasteiger partial charge >= 0.3 is 0 Å². The van der Waals surface area contributed by atoms with Crippen molar-refractivity contribution in [3.63, 3.8) is 0 Å². The van der Waals surface area contributed by atoms with Crippen LogP contribution in [-0.2, 0) is 10.0 Å². The Labute approximate surface area is 121 Å². The molecule has 2 aromatic rings. The van der Waals surface area contributed by atoms with Gasteiger partial charge < -0.3 is 15.8 Å². The summed E-state index contributed by atoms with van der Waals surface area (Å²) in [4.78, 5) is -0.112. The molecule has 6 nitrogen and oxygen atoms in total. The molecule has 0 unspecified atom stereocenters. The van der Waals surface area contributed by atoms with Crippen LogP contribution in [0.3, 0.4) is 0 Å². The number of rotatable bonds is 4. The van der Waals surface area contributed by atoms with Gasteiger partial charge in [0.15, 0.2) is 11.6 Å². The first kappa shape index (κ1) is 15.1. The maximum Gasteiger partial charge on any atom is 0.238 e. The number of nitrogen functional groups attached to an aromatic ring is 1. The van der Waals surface area contributed by atoms with E-state index in [0.717, 1.165) is 0 Å². The molecule has 5 N–H and O–H groups in total. The average molecular weight is 311 g/mol. The second-order valence-corrected chi connectivity index (χ2v) is 5.87. The van der Waals surface area contributed by atoms with Crippen LogP contribution in [0.5, 0.6) is 5.75 Å². The first-order valence-electron chi connectivity index (χ1n) is 5.83. The van der Waals surface area contributed by atoms with Crippen LogP contribution in [-0.4, -0.2) is 15.5 Å². The molecule has 0 radical (unpaired) electrons. The van der Waals surface area contributed by atoms with Crippen LogP contribution < -0.4 is 20.9 Å². The molecule has 0 spiro atoms. The van der Waals surface area contributed by atoms with Gasteiger partial charge in [-0.15, -0.1) is 0 Å². The normalized spacial score (nSPS) is 11.2. The standard InChI is InChI=1S/C13H14FN3O3S/c1-20-13-7-9(2-3-12(13)14)17-10-4-8(15)5-11(6-10)21(16,18)19/h2-7,17H,15H2,1H3,(H2,16,18,19). The number of anilines is 3. The summed E-state index contributed by atoms with van der Waals surface area (Å²) in [6.07, 6.45) is 0. The summed E-state index contributed by atoms with van der Waals surface area (Å²) >= 11 is 0. The summed E-state index contributed by atoms with van der Waals surface area (Å²) < 4.78 is 40.9. The predicted molar refractivity (Wildman–Crippen MR) is 78.5 cm³/mol. The SMILES string of the molecule is COc1cc(Nc2cc(N)cc(S(N)(=O)=O)c2)ccc1F. The predicted octanol–water partition coefficient (Wildman–Crippen LogP) is 1.81. The van der Waals surface area contributed by atoms with E-state index in [1.165, 1.54) is 43.5 Å². The van der Waals surface area contributed by atoms with E-state index in [-0.39, 0.29) is 16.3 Å². The van der Waals surface area contributed by atoms with Crippen molar-refractivity contribution in [3.05, 3.63) is 42.2 Å². The fraction of sp³-hybridized carbons (Fsp3) is 0.0769. The van der Waals surface area contributed by atoms with Crippen LogP contribution in [0.25, 0.3) is 0 Å². The Bertz CT molecular complexity index is 778. The van der Waals surface area contributed by atoms with E-state index in [4.69, 9.17) is 15.6 Å². The van der Waals surface area contributed by atoms with E-state index in [1.54, 1.807) is 0 Å². The van der Waals surface area contributed by atoms with Crippen molar-refractivity contribution in [1.82, 2.24) is 0 Å². The molecule has 0 aliphatic rings. The van der Waals surface area contributed by atoms with Gasteiger partial charge in [0.25, 0.3) is 0 Å². The van der Waals surface area contributed by atoms with Crippen molar-refractivity contribution < 1.29 is 17.5 Å². The molecule has 0 saturated carbocycles. The number of sulfonamides is 1. The third kappa shape index (κ3) is 3.61. The lowest BCUT2D eigenvalue weighted by Crippen LogP contribution is -2.12. The minimum atomic E-state index is -3.86. The van der Waals surface area contributed by atoms with Gasteiger partial charge in [-0.1, -0.05) is 0 Å². The number of hydrogen-bond donors (Lipinski definition) is 3. The second kappa shape index (κ2) is 5.58. The molecule has 0 bridgehead atoms. The molecular weight excluding hydrogens is 297 g/mol. The van der Waals surface area contributed by atoms with E-state index < -0.39 is 15.8 Å². The van der Waals surface area contributed by atoms with Crippen LogP contribution >= 0.6 is 0 Å². The molecule has 0 aliphatic heterocycles. The van der Waals surface area contributed by atoms with Crippen molar-refractivity contribution in [2.45, 2.75) is 4.90 Å². The van der Waals surface area contributed by atoms with Crippen LogP contribution in [0.1, 0.15) is 0 Å². The molecule has 0 fully saturated rings. The topological polar surface area (TPSA) is 107 Å². The Morgan fingerprint density at radius 2 is 1.86 bits per heavy atom. The van der Waals surface area contributed by atoms with Crippen LogP contribution in [0, 0.1) is 5.82 Å². The molecule has 0 aliphatic carbocycles. The fourth-order valence-corrected chi connectivity index (χ4v) is 2.35. The Balaban J connectivity index is 2.38. The lowest BCUT2D eigenvalue weighted by Gasteiger charge is -2.11. The van der Waals surface area contributed by atoms with Gasteiger partial charge in [-0.2, -0.15) is 0 Å². The quantitative estimate of drug-likeness (QED) is 0.746. The Kier molecular flexibility index (Phi) is 4.01. The first-order chi connectivity index (χ1) is 9.79. The number of benzene rings is 2. The van der Waals surface area contributed by atoms with Crippen molar-refractivity contribution >= 4 is 27.1 Å². The van der Waals surface area contributed by atoms with Crippen molar-refractivity contribution in [2.24, 2.45) is 5.14 Å². The zero-order valence-electron chi connectivity index (χ0n) is 11.1. The molecule has 0 amide bonds. The maximum absolute atomic E-state index is 13.3. The van der Waals surface area contributed by atoms with E-state index in [2.05, 4.69) is 5.32 Å². The molecule has 2 rings (SSSR count). The summed E-state index contributed by atoms with van der Waals surface area (Å²) in [5, 5.41) is 7.99. The van der Waals surface area contributed by atoms with E-state index in [1.807, 2.05) is 0 Å². The monoisotopic (exact) mass is 311 g/mol. The van der Waals surface area contributed by atoms with Crippen LogP contribution in [0.2, 0.25) is 0 Å². The third-order valence-corrected chi connectivity index (χ3v) is 3.59. The molecule has 2 aromatic carbocycles. The van der Waals surface area contributed by atoms with Gasteiger partial charge in [0.2, 0.25) is 10.0 Å². The average Bonchev–Trinajstić information content (AvgIpc) is 2.39. The van der Waals surface area contributed by atoms with Crippen molar-refractivity contribution in [3.8, 4) is 5.75 Å². The first-order valence-corrected chi connectivity index (χ1v) is 7.38. The summed E-state index contributed by atoms with van der Waals surface area (Å²) in [5.41, 5.74) is 6.80. The number of methoxy groups -OCH3 is 1.